The first kappa shape index (κ1) is 79.0. The molecule has 1 aromatic carbocycles. The van der Waals surface area contributed by atoms with E-state index in [-0.39, 0.29) is 62.2 Å². The third kappa shape index (κ3) is 21.5. The minimum Gasteiger partial charge on any atom is -0.508 e. The predicted octanol–water partition coefficient (Wildman–Crippen LogP) is 3.56. The van der Waals surface area contributed by atoms with Gasteiger partial charge in [-0.25, -0.2) is 0 Å². The van der Waals surface area contributed by atoms with E-state index in [4.69, 9.17) is 0 Å². The van der Waals surface area contributed by atoms with E-state index in [2.05, 4.69) is 21.3 Å². The highest BCUT2D eigenvalue weighted by Crippen LogP contribution is 2.26. The van der Waals surface area contributed by atoms with Crippen molar-refractivity contribution >= 4 is 65.0 Å². The van der Waals surface area contributed by atoms with E-state index in [0.29, 0.717) is 12.0 Å². The van der Waals surface area contributed by atoms with E-state index in [9.17, 15) is 53.4 Å². The number of carbonyl (C=O) groups is 11. The fourth-order valence-corrected chi connectivity index (χ4v) is 11.4. The minimum atomic E-state index is -1.64. The third-order valence-electron chi connectivity index (χ3n) is 16.9. The van der Waals surface area contributed by atoms with Crippen LogP contribution in [0.25, 0.3) is 0 Å². The molecule has 1 fully saturated rings. The van der Waals surface area contributed by atoms with Crippen molar-refractivity contribution < 1.29 is 63.0 Å². The Kier molecular flexibility index (Phi) is 31.7. The molecule has 90 heavy (non-hydrogen) atoms. The van der Waals surface area contributed by atoms with Gasteiger partial charge in [-0.05, 0) is 113 Å². The topological polar surface area (TPSA) is 299 Å². The molecule has 1 aliphatic rings. The van der Waals surface area contributed by atoms with E-state index in [0.717, 1.165) is 9.80 Å². The molecule has 12 atom stereocenters. The second kappa shape index (κ2) is 36.1. The fourth-order valence-electron chi connectivity index (χ4n) is 11.4. The molecule has 1 heterocycles. The molecule has 6 N–H and O–H groups in total. The van der Waals surface area contributed by atoms with Crippen molar-refractivity contribution in [3.63, 3.8) is 0 Å². The number of aliphatic hydroxyl groups is 1. The second-order valence-electron chi connectivity index (χ2n) is 26.5. The average molecular weight is 1270 g/mol. The number of rotatable bonds is 16. The van der Waals surface area contributed by atoms with Crippen LogP contribution in [0.4, 0.5) is 0 Å². The number of nitrogens with zero attached hydrogens (tertiary/aromatic N) is 7. The molecule has 2 unspecified atom stereocenters. The lowest BCUT2D eigenvalue weighted by Gasteiger charge is -2.41. The number of aromatic hydroxyl groups is 1. The molecule has 508 valence electrons. The molecule has 0 radical (unpaired) electrons. The van der Waals surface area contributed by atoms with Crippen LogP contribution >= 0.6 is 0 Å². The highest BCUT2D eigenvalue weighted by atomic mass is 16.3. The van der Waals surface area contributed by atoms with Crippen LogP contribution in [0.1, 0.15) is 148 Å². The first-order valence-corrected chi connectivity index (χ1v) is 32.0. The van der Waals surface area contributed by atoms with Crippen LogP contribution in [0.3, 0.4) is 0 Å². The largest absolute Gasteiger partial charge is 0.508 e. The summed E-state index contributed by atoms with van der Waals surface area (Å²) < 4.78 is 0. The number of carbonyl (C=O) groups excluding carboxylic acids is 11. The molecule has 2 rings (SSSR count). The third-order valence-corrected chi connectivity index (χ3v) is 16.9. The number of phenols is 1. The highest BCUT2D eigenvalue weighted by Gasteiger charge is 2.46. The molecule has 1 aromatic rings. The molecule has 0 spiro atoms. The molecule has 0 aliphatic carbocycles. The van der Waals surface area contributed by atoms with Crippen molar-refractivity contribution in [2.24, 2.45) is 35.5 Å². The zero-order valence-electron chi connectivity index (χ0n) is 58.0. The van der Waals surface area contributed by atoms with Gasteiger partial charge in [0.1, 0.15) is 66.2 Å². The smallest absolute Gasteiger partial charge is 0.246 e. The zero-order chi connectivity index (χ0) is 69.1. The number of likely N-dealkylation sites (N-methyl/N-ethyl adjacent to an activating group) is 7. The number of hydrogen-bond acceptors (Lipinski definition) is 13. The Morgan fingerprint density at radius 2 is 0.989 bits per heavy atom. The summed E-state index contributed by atoms with van der Waals surface area (Å²) in [6.45, 7) is 27.0. The van der Waals surface area contributed by atoms with E-state index < -0.39 is 156 Å². The Morgan fingerprint density at radius 3 is 1.47 bits per heavy atom. The second-order valence-corrected chi connectivity index (χ2v) is 26.5. The summed E-state index contributed by atoms with van der Waals surface area (Å²) in [6.07, 6.45) is 2.63. The quantitative estimate of drug-likeness (QED) is 0.129. The Bertz CT molecular complexity index is 2650. The highest BCUT2D eigenvalue weighted by molar-refractivity contribution is 5.99. The molecular formula is C66H111N11O13. The summed E-state index contributed by atoms with van der Waals surface area (Å²) in [5.74, 6) is -10.1. The molecular weight excluding hydrogens is 1150 g/mol. The van der Waals surface area contributed by atoms with Crippen molar-refractivity contribution in [3.05, 3.63) is 42.0 Å². The summed E-state index contributed by atoms with van der Waals surface area (Å²) >= 11 is 0. The molecule has 0 saturated carbocycles. The molecule has 1 saturated heterocycles. The van der Waals surface area contributed by atoms with Crippen LogP contribution < -0.4 is 21.3 Å². The summed E-state index contributed by atoms with van der Waals surface area (Å²) in [7, 11) is 8.43. The lowest BCUT2D eigenvalue weighted by molar-refractivity contribution is -0.157. The number of allylic oxidation sites excluding steroid dienone is 2. The summed E-state index contributed by atoms with van der Waals surface area (Å²) in [5.41, 5.74) is 0.532. The van der Waals surface area contributed by atoms with E-state index >= 15 is 9.59 Å². The Hall–Kier alpha value is -7.11. The van der Waals surface area contributed by atoms with Gasteiger partial charge in [0.05, 0.1) is 12.6 Å². The van der Waals surface area contributed by atoms with Crippen LogP contribution in [0, 0.1) is 35.5 Å². The van der Waals surface area contributed by atoms with Crippen molar-refractivity contribution in [1.82, 2.24) is 55.6 Å². The van der Waals surface area contributed by atoms with Crippen molar-refractivity contribution in [2.45, 2.75) is 216 Å². The SMILES string of the molecule is C/C=C/C[C@@H](C)[C@@H](O)[C@H]1C(=O)NC(CC)C(=O)N(C)CC(=O)N(CC)C(Cc2ccc(O)cc2)C(=O)N[C@@H](C(C)C)C(=O)N(C)[C@@H](CC(C)C)C(=O)N[C@@H](C)C(=O)N[C@H](C)C(=O)N(C)[C@@H](CC(C)C)C(=O)N(C)[C@@H](CC(C)C)C(=O)N(C)[C@@H](C(C)C)C(=O)N1C. The Morgan fingerprint density at radius 1 is 0.522 bits per heavy atom. The monoisotopic (exact) mass is 1270 g/mol. The number of hydrogen-bond donors (Lipinski definition) is 6. The average Bonchev–Trinajstić information content (AvgIpc) is 1.09. The van der Waals surface area contributed by atoms with Gasteiger partial charge in [0, 0.05) is 55.3 Å². The predicted molar refractivity (Wildman–Crippen MR) is 345 cm³/mol. The molecule has 24 heteroatoms. The molecule has 24 nitrogen and oxygen atoms in total. The van der Waals surface area contributed by atoms with Gasteiger partial charge in [0.2, 0.25) is 65.0 Å². The fraction of sp³-hybridized carbons (Fsp3) is 0.712. The molecule has 0 aromatic heterocycles. The first-order valence-electron chi connectivity index (χ1n) is 32.0. The van der Waals surface area contributed by atoms with Crippen molar-refractivity contribution in [3.8, 4) is 5.75 Å². The van der Waals surface area contributed by atoms with Gasteiger partial charge >= 0.3 is 0 Å². The van der Waals surface area contributed by atoms with Crippen molar-refractivity contribution in [2.75, 3.05) is 55.4 Å². The van der Waals surface area contributed by atoms with Gasteiger partial charge in [0.25, 0.3) is 0 Å². The molecule has 11 amide bonds. The molecule has 1 aliphatic heterocycles. The van der Waals surface area contributed by atoms with Crippen LogP contribution in [-0.2, 0) is 59.2 Å². The number of phenolic OH excluding ortho intramolecular Hbond substituents is 1. The molecule has 0 bridgehead atoms. The van der Waals surface area contributed by atoms with E-state index in [1.807, 2.05) is 41.5 Å². The van der Waals surface area contributed by atoms with Gasteiger partial charge in [0.15, 0.2) is 0 Å². The maximum Gasteiger partial charge on any atom is 0.246 e. The number of aliphatic hydroxyl groups excluding tert-OH is 1. The van der Waals surface area contributed by atoms with Gasteiger partial charge in [-0.15, -0.1) is 0 Å². The maximum atomic E-state index is 15.2. The summed E-state index contributed by atoms with van der Waals surface area (Å²) in [6, 6.07) is -6.81. The summed E-state index contributed by atoms with van der Waals surface area (Å²) in [5, 5.41) is 33.3. The van der Waals surface area contributed by atoms with E-state index in [1.165, 1.54) is 92.8 Å². The van der Waals surface area contributed by atoms with Crippen molar-refractivity contribution in [1.29, 1.82) is 0 Å². The van der Waals surface area contributed by atoms with Gasteiger partial charge in [-0.2, -0.15) is 0 Å². The zero-order valence-corrected chi connectivity index (χ0v) is 58.0. The Labute approximate surface area is 536 Å². The van der Waals surface area contributed by atoms with Gasteiger partial charge < -0.3 is 65.8 Å². The normalized spacial score (nSPS) is 26.0. The van der Waals surface area contributed by atoms with E-state index in [1.54, 1.807) is 79.7 Å². The first-order chi connectivity index (χ1) is 41.8. The number of nitrogens with one attached hydrogen (secondary N) is 4. The van der Waals surface area contributed by atoms with Gasteiger partial charge in [-0.1, -0.05) is 107 Å². The van der Waals surface area contributed by atoms with Crippen LogP contribution in [0.15, 0.2) is 36.4 Å². The van der Waals surface area contributed by atoms with Crippen LogP contribution in [0.5, 0.6) is 5.75 Å². The maximum absolute atomic E-state index is 15.2. The lowest BCUT2D eigenvalue weighted by atomic mass is 9.91. The lowest BCUT2D eigenvalue weighted by Crippen LogP contribution is -2.63. The van der Waals surface area contributed by atoms with Crippen LogP contribution in [-0.4, -0.2) is 231 Å². The van der Waals surface area contributed by atoms with Crippen LogP contribution in [0.2, 0.25) is 0 Å². The summed E-state index contributed by atoms with van der Waals surface area (Å²) in [4.78, 5) is 170. The van der Waals surface area contributed by atoms with Gasteiger partial charge in [-0.3, -0.25) is 52.7 Å². The number of benzene rings is 1. The minimum absolute atomic E-state index is 0.00971. The number of amides is 11. The Balaban J connectivity index is 3.04. The standard InChI is InChI=1S/C66H111N11O13/c1-23-26-27-42(14)56(80)55-60(84)69-47(24-2)62(86)71(17)36-52(79)77(25-3)49(35-45-28-30-46(78)31-29-45)59(83)70-53(40(10)11)65(89)72(18)48(32-37(4)5)58(82)67-43(15)57(81)68-44(16)61(85)73(19)50(33-38(6)7)63(87)74(20)51(34-39(8)9)64(88)75(21)54(41(12)13)66(90)76(55)22/h23,26,28-31,37-44,47-51,53-56,78,80H,24-25,27,32-36H2,1-22H3,(H,67,82)(H,68,81)(H,69,84)(H,70,83)/b26-23+/t42-,43+,44-,47?,48+,49?,50+,51+,53+,54+,55+,56-/m1/s1.